The second kappa shape index (κ2) is 6.84. The van der Waals surface area contributed by atoms with Crippen molar-refractivity contribution in [3.05, 3.63) is 58.1 Å². The Morgan fingerprint density at radius 3 is 2.36 bits per heavy atom. The molecule has 116 valence electrons. The Morgan fingerprint density at radius 2 is 1.77 bits per heavy atom. The highest BCUT2D eigenvalue weighted by Gasteiger charge is 2.17. The van der Waals surface area contributed by atoms with Gasteiger partial charge in [0.1, 0.15) is 5.75 Å². The number of carbonyl (C=O) groups excluding carboxylic acids is 1. The molecular weight excluding hydrogens is 298 g/mol. The zero-order valence-corrected chi connectivity index (χ0v) is 14.0. The Hall–Kier alpha value is -2.00. The van der Waals surface area contributed by atoms with E-state index < -0.39 is 6.10 Å². The fourth-order valence-electron chi connectivity index (χ4n) is 2.40. The monoisotopic (exact) mass is 317 g/mol. The molecule has 4 heteroatoms. The maximum atomic E-state index is 12.3. The third-order valence-corrected chi connectivity index (χ3v) is 3.64. The molecule has 3 nitrogen and oxygen atoms in total. The van der Waals surface area contributed by atoms with Crippen LogP contribution in [-0.2, 0) is 4.79 Å². The molecule has 2 rings (SSSR count). The third kappa shape index (κ3) is 4.01. The predicted octanol–water partition coefficient (Wildman–Crippen LogP) is 4.67. The zero-order chi connectivity index (χ0) is 16.3. The Balaban J connectivity index is 2.09. The molecule has 0 spiro atoms. The van der Waals surface area contributed by atoms with Crippen molar-refractivity contribution in [2.24, 2.45) is 0 Å². The molecule has 1 atom stereocenters. The van der Waals surface area contributed by atoms with E-state index in [4.69, 9.17) is 16.3 Å². The van der Waals surface area contributed by atoms with Gasteiger partial charge in [-0.3, -0.25) is 4.79 Å². The fraction of sp³-hybridized carbons (Fsp3) is 0.278. The van der Waals surface area contributed by atoms with E-state index in [1.807, 2.05) is 32.9 Å². The molecule has 0 aromatic heterocycles. The number of hydrogen-bond acceptors (Lipinski definition) is 2. The van der Waals surface area contributed by atoms with Gasteiger partial charge < -0.3 is 10.1 Å². The molecule has 0 bridgehead atoms. The van der Waals surface area contributed by atoms with Gasteiger partial charge in [0, 0.05) is 10.7 Å². The molecule has 0 aliphatic rings. The summed E-state index contributed by atoms with van der Waals surface area (Å²) in [5.41, 5.74) is 4.11. The highest BCUT2D eigenvalue weighted by molar-refractivity contribution is 6.30. The van der Waals surface area contributed by atoms with Crippen LogP contribution in [0.25, 0.3) is 0 Å². The second-order valence-electron chi connectivity index (χ2n) is 5.48. The minimum Gasteiger partial charge on any atom is -0.481 e. The summed E-state index contributed by atoms with van der Waals surface area (Å²) in [7, 11) is 0. The van der Waals surface area contributed by atoms with Crippen LogP contribution < -0.4 is 10.1 Å². The van der Waals surface area contributed by atoms with Crippen molar-refractivity contribution in [1.29, 1.82) is 0 Å². The highest BCUT2D eigenvalue weighted by atomic mass is 35.5. The summed E-state index contributed by atoms with van der Waals surface area (Å²) in [5.74, 6) is 0.391. The number of nitrogens with one attached hydrogen (secondary N) is 1. The summed E-state index contributed by atoms with van der Waals surface area (Å²) < 4.78 is 5.64. The Morgan fingerprint density at radius 1 is 1.14 bits per heavy atom. The summed E-state index contributed by atoms with van der Waals surface area (Å²) in [5, 5.41) is 3.52. The minimum absolute atomic E-state index is 0.185. The summed E-state index contributed by atoms with van der Waals surface area (Å²) in [4.78, 5) is 12.3. The molecule has 0 saturated carbocycles. The van der Waals surface area contributed by atoms with Gasteiger partial charge in [-0.1, -0.05) is 35.4 Å². The van der Waals surface area contributed by atoms with Crippen molar-refractivity contribution in [3.8, 4) is 5.75 Å². The van der Waals surface area contributed by atoms with Crippen LogP contribution >= 0.6 is 11.6 Å². The molecule has 0 fully saturated rings. The average molecular weight is 318 g/mol. The first kappa shape index (κ1) is 16.4. The molecule has 0 saturated heterocycles. The van der Waals surface area contributed by atoms with Crippen LogP contribution in [0.3, 0.4) is 0 Å². The van der Waals surface area contributed by atoms with Crippen LogP contribution in [0.15, 0.2) is 36.4 Å². The van der Waals surface area contributed by atoms with Crippen LogP contribution in [0.4, 0.5) is 5.69 Å². The smallest absolute Gasteiger partial charge is 0.265 e. The maximum Gasteiger partial charge on any atom is 0.265 e. The minimum atomic E-state index is -0.612. The van der Waals surface area contributed by atoms with Gasteiger partial charge in [0.05, 0.1) is 0 Å². The van der Waals surface area contributed by atoms with E-state index in [1.165, 1.54) is 5.56 Å². The number of halogens is 1. The van der Waals surface area contributed by atoms with Crippen LogP contribution in [0, 0.1) is 20.8 Å². The van der Waals surface area contributed by atoms with E-state index in [9.17, 15) is 4.79 Å². The van der Waals surface area contributed by atoms with Crippen LogP contribution in [0.2, 0.25) is 5.02 Å². The first-order valence-electron chi connectivity index (χ1n) is 7.18. The van der Waals surface area contributed by atoms with Crippen molar-refractivity contribution in [1.82, 2.24) is 0 Å². The van der Waals surface area contributed by atoms with Crippen molar-refractivity contribution >= 4 is 23.2 Å². The number of hydrogen-bond donors (Lipinski definition) is 1. The Bertz CT molecular complexity index is 674. The average Bonchev–Trinajstić information content (AvgIpc) is 2.42. The molecule has 0 aliphatic carbocycles. The lowest BCUT2D eigenvalue weighted by molar-refractivity contribution is -0.122. The lowest BCUT2D eigenvalue weighted by Crippen LogP contribution is -2.30. The number of amides is 1. The second-order valence-corrected chi connectivity index (χ2v) is 5.92. The van der Waals surface area contributed by atoms with E-state index in [0.717, 1.165) is 16.8 Å². The SMILES string of the molecule is Cc1cc(C)c(NC(=O)C(C)Oc2cccc(Cl)c2)c(C)c1. The Labute approximate surface area is 136 Å². The van der Waals surface area contributed by atoms with Crippen LogP contribution in [0.5, 0.6) is 5.75 Å². The normalized spacial score (nSPS) is 11.9. The molecule has 2 aromatic carbocycles. The van der Waals surface area contributed by atoms with Gasteiger partial charge in [-0.25, -0.2) is 0 Å². The molecule has 0 aliphatic heterocycles. The van der Waals surface area contributed by atoms with Gasteiger partial charge in [0.2, 0.25) is 0 Å². The molecule has 0 radical (unpaired) electrons. The van der Waals surface area contributed by atoms with E-state index in [2.05, 4.69) is 5.32 Å². The lowest BCUT2D eigenvalue weighted by Gasteiger charge is -2.17. The van der Waals surface area contributed by atoms with Crippen molar-refractivity contribution in [3.63, 3.8) is 0 Å². The highest BCUT2D eigenvalue weighted by Crippen LogP contribution is 2.23. The zero-order valence-electron chi connectivity index (χ0n) is 13.2. The van der Waals surface area contributed by atoms with Crippen molar-refractivity contribution in [2.45, 2.75) is 33.8 Å². The molecular formula is C18H20ClNO2. The van der Waals surface area contributed by atoms with Crippen LogP contribution in [0.1, 0.15) is 23.6 Å². The summed E-state index contributed by atoms with van der Waals surface area (Å²) in [6.07, 6.45) is -0.612. The molecule has 0 heterocycles. The third-order valence-electron chi connectivity index (χ3n) is 3.40. The van der Waals surface area contributed by atoms with E-state index in [0.29, 0.717) is 10.8 Å². The molecule has 1 N–H and O–H groups in total. The maximum absolute atomic E-state index is 12.3. The lowest BCUT2D eigenvalue weighted by atomic mass is 10.0. The van der Waals surface area contributed by atoms with E-state index in [-0.39, 0.29) is 5.91 Å². The van der Waals surface area contributed by atoms with Crippen molar-refractivity contribution in [2.75, 3.05) is 5.32 Å². The van der Waals surface area contributed by atoms with E-state index >= 15 is 0 Å². The Kier molecular flexibility index (Phi) is 5.09. The summed E-state index contributed by atoms with van der Waals surface area (Å²) in [6, 6.07) is 11.1. The quantitative estimate of drug-likeness (QED) is 0.889. The number of benzene rings is 2. The topological polar surface area (TPSA) is 38.3 Å². The molecule has 1 amide bonds. The van der Waals surface area contributed by atoms with Gasteiger partial charge in [-0.2, -0.15) is 0 Å². The first-order chi connectivity index (χ1) is 10.4. The van der Waals surface area contributed by atoms with Gasteiger partial charge in [0.15, 0.2) is 6.10 Å². The van der Waals surface area contributed by atoms with Gasteiger partial charge in [0.25, 0.3) is 5.91 Å². The molecule has 1 unspecified atom stereocenters. The van der Waals surface area contributed by atoms with E-state index in [1.54, 1.807) is 31.2 Å². The molecule has 22 heavy (non-hydrogen) atoms. The number of ether oxygens (including phenoxy) is 1. The van der Waals surface area contributed by atoms with Gasteiger partial charge >= 0.3 is 0 Å². The predicted molar refractivity (Wildman–Crippen MR) is 90.8 cm³/mol. The van der Waals surface area contributed by atoms with Gasteiger partial charge in [-0.05, 0) is 57.0 Å². The summed E-state index contributed by atoms with van der Waals surface area (Å²) >= 11 is 5.91. The number of anilines is 1. The first-order valence-corrected chi connectivity index (χ1v) is 7.55. The number of aryl methyl sites for hydroxylation is 3. The number of carbonyl (C=O) groups is 1. The fourth-order valence-corrected chi connectivity index (χ4v) is 2.58. The van der Waals surface area contributed by atoms with Gasteiger partial charge in [-0.15, -0.1) is 0 Å². The van der Waals surface area contributed by atoms with Crippen LogP contribution in [-0.4, -0.2) is 12.0 Å². The standard InChI is InChI=1S/C18H20ClNO2/c1-11-8-12(2)17(13(3)9-11)20-18(21)14(4)22-16-7-5-6-15(19)10-16/h5-10,14H,1-4H3,(H,20,21). The van der Waals surface area contributed by atoms with Crippen molar-refractivity contribution < 1.29 is 9.53 Å². The summed E-state index contributed by atoms with van der Waals surface area (Å²) in [6.45, 7) is 7.72. The largest absolute Gasteiger partial charge is 0.481 e. The number of rotatable bonds is 4. The molecule has 2 aromatic rings.